The van der Waals surface area contributed by atoms with Gasteiger partial charge in [0.25, 0.3) is 0 Å². The number of anilines is 1. The zero-order chi connectivity index (χ0) is 22.0. The number of aryl methyl sites for hydroxylation is 2. The second-order valence-electron chi connectivity index (χ2n) is 7.20. The standard InChI is InChI=1S/C23H32N2O4S/c1-4-17-29-22-11-7-6-9-20(22)10-8-16-24-23(26)18-25(30(3,27)28)21-14-12-19(5-2)13-15-21/h6-7,9,11-15H,4-5,8,10,16-18H2,1-3H3,(H,24,26). The number of carbonyl (C=O) groups is 1. The van der Waals surface area contributed by atoms with Crippen LogP contribution in [-0.4, -0.2) is 40.3 Å². The van der Waals surface area contributed by atoms with E-state index in [1.807, 2.05) is 43.3 Å². The molecule has 0 aliphatic rings. The number of nitrogens with zero attached hydrogens (tertiary/aromatic N) is 1. The van der Waals surface area contributed by atoms with Gasteiger partial charge in [-0.2, -0.15) is 0 Å². The molecule has 1 amide bonds. The van der Waals surface area contributed by atoms with Crippen molar-refractivity contribution in [1.82, 2.24) is 5.32 Å². The minimum absolute atomic E-state index is 0.236. The van der Waals surface area contributed by atoms with Gasteiger partial charge < -0.3 is 10.1 Å². The van der Waals surface area contributed by atoms with Gasteiger partial charge in [0, 0.05) is 6.54 Å². The number of hydrogen-bond acceptors (Lipinski definition) is 4. The summed E-state index contributed by atoms with van der Waals surface area (Å²) in [5, 5.41) is 2.82. The number of ether oxygens (including phenoxy) is 1. The van der Waals surface area contributed by atoms with Gasteiger partial charge in [-0.25, -0.2) is 8.42 Å². The van der Waals surface area contributed by atoms with Crippen LogP contribution >= 0.6 is 0 Å². The summed E-state index contributed by atoms with van der Waals surface area (Å²) in [7, 11) is -3.56. The van der Waals surface area contributed by atoms with Gasteiger partial charge in [0.15, 0.2) is 0 Å². The Labute approximate surface area is 180 Å². The van der Waals surface area contributed by atoms with Crippen LogP contribution in [0.4, 0.5) is 5.69 Å². The third-order valence-electron chi connectivity index (χ3n) is 4.70. The van der Waals surface area contributed by atoms with Crippen molar-refractivity contribution in [2.24, 2.45) is 0 Å². The quantitative estimate of drug-likeness (QED) is 0.521. The van der Waals surface area contributed by atoms with Gasteiger partial charge >= 0.3 is 0 Å². The van der Waals surface area contributed by atoms with Crippen molar-refractivity contribution in [2.45, 2.75) is 39.5 Å². The number of hydrogen-bond donors (Lipinski definition) is 1. The average molecular weight is 433 g/mol. The number of rotatable bonds is 12. The molecule has 0 bridgehead atoms. The molecule has 7 heteroatoms. The zero-order valence-corrected chi connectivity index (χ0v) is 18.9. The lowest BCUT2D eigenvalue weighted by atomic mass is 10.1. The van der Waals surface area contributed by atoms with Gasteiger partial charge in [0.05, 0.1) is 18.6 Å². The Kier molecular flexibility index (Phi) is 9.17. The number of sulfonamides is 1. The van der Waals surface area contributed by atoms with E-state index in [2.05, 4.69) is 12.2 Å². The van der Waals surface area contributed by atoms with Crippen LogP contribution in [0.25, 0.3) is 0 Å². The predicted octanol–water partition coefficient (Wildman–Crippen LogP) is 3.55. The first kappa shape index (κ1) is 23.7. The highest BCUT2D eigenvalue weighted by Crippen LogP contribution is 2.20. The summed E-state index contributed by atoms with van der Waals surface area (Å²) in [4.78, 5) is 12.4. The molecule has 0 fully saturated rings. The Morgan fingerprint density at radius 2 is 1.77 bits per heavy atom. The van der Waals surface area contributed by atoms with Gasteiger partial charge in [-0.3, -0.25) is 9.10 Å². The molecule has 1 N–H and O–H groups in total. The molecule has 164 valence electrons. The minimum atomic E-state index is -3.56. The highest BCUT2D eigenvalue weighted by Gasteiger charge is 2.20. The monoisotopic (exact) mass is 432 g/mol. The van der Waals surface area contributed by atoms with E-state index in [1.165, 1.54) is 0 Å². The third kappa shape index (κ3) is 7.37. The van der Waals surface area contributed by atoms with E-state index in [1.54, 1.807) is 12.1 Å². The van der Waals surface area contributed by atoms with E-state index in [0.717, 1.165) is 53.1 Å². The lowest BCUT2D eigenvalue weighted by molar-refractivity contribution is -0.119. The summed E-state index contributed by atoms with van der Waals surface area (Å²) >= 11 is 0. The molecule has 0 aliphatic carbocycles. The van der Waals surface area contributed by atoms with E-state index in [0.29, 0.717) is 18.8 Å². The van der Waals surface area contributed by atoms with Gasteiger partial charge in [-0.1, -0.05) is 44.2 Å². The van der Waals surface area contributed by atoms with Crippen molar-refractivity contribution in [3.63, 3.8) is 0 Å². The van der Waals surface area contributed by atoms with E-state index in [4.69, 9.17) is 4.74 Å². The Balaban J connectivity index is 1.89. The first-order valence-corrected chi connectivity index (χ1v) is 12.2. The SMILES string of the molecule is CCCOc1ccccc1CCCNC(=O)CN(c1ccc(CC)cc1)S(C)(=O)=O. The lowest BCUT2D eigenvalue weighted by Crippen LogP contribution is -2.40. The van der Waals surface area contributed by atoms with E-state index < -0.39 is 10.0 Å². The molecular weight excluding hydrogens is 400 g/mol. The third-order valence-corrected chi connectivity index (χ3v) is 5.84. The van der Waals surface area contributed by atoms with Crippen LogP contribution in [0.1, 0.15) is 37.8 Å². The molecule has 0 aromatic heterocycles. The van der Waals surface area contributed by atoms with Gasteiger partial charge in [-0.15, -0.1) is 0 Å². The maximum absolute atomic E-state index is 12.4. The largest absolute Gasteiger partial charge is 0.493 e. The summed E-state index contributed by atoms with van der Waals surface area (Å²) in [6, 6.07) is 15.1. The molecule has 2 aromatic carbocycles. The summed E-state index contributed by atoms with van der Waals surface area (Å²) in [6.07, 6.45) is 4.44. The van der Waals surface area contributed by atoms with Gasteiger partial charge in [0.2, 0.25) is 15.9 Å². The number of para-hydroxylation sites is 1. The number of amides is 1. The number of nitrogens with one attached hydrogen (secondary N) is 1. The van der Waals surface area contributed by atoms with Gasteiger partial charge in [-0.05, 0) is 55.0 Å². The fraction of sp³-hybridized carbons (Fsp3) is 0.435. The molecule has 0 saturated heterocycles. The second-order valence-corrected chi connectivity index (χ2v) is 9.11. The van der Waals surface area contributed by atoms with Crippen LogP contribution in [0.15, 0.2) is 48.5 Å². The van der Waals surface area contributed by atoms with Crippen LogP contribution in [-0.2, 0) is 27.7 Å². The topological polar surface area (TPSA) is 75.7 Å². The minimum Gasteiger partial charge on any atom is -0.493 e. The zero-order valence-electron chi connectivity index (χ0n) is 18.1. The van der Waals surface area contributed by atoms with Crippen LogP contribution in [0.3, 0.4) is 0 Å². The molecule has 0 radical (unpaired) electrons. The highest BCUT2D eigenvalue weighted by atomic mass is 32.2. The molecule has 30 heavy (non-hydrogen) atoms. The van der Waals surface area contributed by atoms with Crippen molar-refractivity contribution in [3.05, 3.63) is 59.7 Å². The first-order chi connectivity index (χ1) is 14.3. The van der Waals surface area contributed by atoms with Crippen LogP contribution < -0.4 is 14.4 Å². The van der Waals surface area contributed by atoms with E-state index in [-0.39, 0.29) is 12.5 Å². The maximum atomic E-state index is 12.4. The Morgan fingerprint density at radius 3 is 2.40 bits per heavy atom. The maximum Gasteiger partial charge on any atom is 0.240 e. The molecule has 2 aromatic rings. The Bertz CT molecular complexity index is 911. The predicted molar refractivity (Wildman–Crippen MR) is 122 cm³/mol. The Morgan fingerprint density at radius 1 is 1.07 bits per heavy atom. The summed E-state index contributed by atoms with van der Waals surface area (Å²) < 4.78 is 31.3. The number of carbonyl (C=O) groups excluding carboxylic acids is 1. The van der Waals surface area contributed by atoms with Gasteiger partial charge in [0.1, 0.15) is 12.3 Å². The molecule has 0 spiro atoms. The molecule has 6 nitrogen and oxygen atoms in total. The van der Waals surface area contributed by atoms with E-state index in [9.17, 15) is 13.2 Å². The average Bonchev–Trinajstić information content (AvgIpc) is 2.73. The molecule has 0 atom stereocenters. The first-order valence-electron chi connectivity index (χ1n) is 10.4. The van der Waals surface area contributed by atoms with Crippen LogP contribution in [0.5, 0.6) is 5.75 Å². The molecular formula is C23H32N2O4S. The molecule has 2 rings (SSSR count). The highest BCUT2D eigenvalue weighted by molar-refractivity contribution is 7.92. The molecule has 0 unspecified atom stereocenters. The Hall–Kier alpha value is -2.54. The van der Waals surface area contributed by atoms with Crippen molar-refractivity contribution >= 4 is 21.6 Å². The van der Waals surface area contributed by atoms with E-state index >= 15 is 0 Å². The van der Waals surface area contributed by atoms with Crippen molar-refractivity contribution < 1.29 is 17.9 Å². The van der Waals surface area contributed by atoms with Crippen molar-refractivity contribution in [3.8, 4) is 5.75 Å². The fourth-order valence-electron chi connectivity index (χ4n) is 3.05. The van der Waals surface area contributed by atoms with Crippen molar-refractivity contribution in [2.75, 3.05) is 30.3 Å². The normalized spacial score (nSPS) is 11.2. The van der Waals surface area contributed by atoms with Crippen LogP contribution in [0.2, 0.25) is 0 Å². The fourth-order valence-corrected chi connectivity index (χ4v) is 3.91. The van der Waals surface area contributed by atoms with Crippen LogP contribution in [0, 0.1) is 0 Å². The summed E-state index contributed by atoms with van der Waals surface area (Å²) in [6.45, 7) is 5.00. The molecule has 0 aliphatic heterocycles. The molecule has 0 saturated carbocycles. The smallest absolute Gasteiger partial charge is 0.240 e. The summed E-state index contributed by atoms with van der Waals surface area (Å²) in [5.74, 6) is 0.556. The lowest BCUT2D eigenvalue weighted by Gasteiger charge is -2.22. The number of benzene rings is 2. The second kappa shape index (κ2) is 11.6. The molecule has 0 heterocycles. The summed E-state index contributed by atoms with van der Waals surface area (Å²) in [5.41, 5.74) is 2.71. The van der Waals surface area contributed by atoms with Crippen molar-refractivity contribution in [1.29, 1.82) is 0 Å².